The van der Waals surface area contributed by atoms with Crippen molar-refractivity contribution in [2.75, 3.05) is 6.61 Å². The number of rotatable bonds is 5. The van der Waals surface area contributed by atoms with Gasteiger partial charge in [-0.05, 0) is 44.0 Å². The zero-order valence-corrected chi connectivity index (χ0v) is 13.0. The van der Waals surface area contributed by atoms with Gasteiger partial charge in [0.25, 0.3) is 5.91 Å². The summed E-state index contributed by atoms with van der Waals surface area (Å²) in [6.07, 6.45) is 0. The lowest BCUT2D eigenvalue weighted by atomic mass is 10.0. The number of ether oxygens (including phenoxy) is 1. The number of benzene rings is 2. The Morgan fingerprint density at radius 1 is 1.23 bits per heavy atom. The van der Waals surface area contributed by atoms with Crippen LogP contribution < -0.4 is 10.1 Å². The topological polar surface area (TPSA) is 38.3 Å². The Bertz CT molecular complexity index is 670. The number of carbonyl (C=O) groups excluding carboxylic acids is 1. The third-order valence-electron chi connectivity index (χ3n) is 3.46. The second kappa shape index (κ2) is 7.07. The Morgan fingerprint density at radius 2 is 1.95 bits per heavy atom. The minimum atomic E-state index is -0.474. The summed E-state index contributed by atoms with van der Waals surface area (Å²) in [4.78, 5) is 11.9. The first kappa shape index (κ1) is 16.0. The first-order valence-corrected chi connectivity index (χ1v) is 7.21. The van der Waals surface area contributed by atoms with Gasteiger partial charge >= 0.3 is 0 Å². The fourth-order valence-electron chi connectivity index (χ4n) is 2.38. The lowest BCUT2D eigenvalue weighted by Gasteiger charge is -2.17. The minimum absolute atomic E-state index is 0.0804. The summed E-state index contributed by atoms with van der Waals surface area (Å²) in [7, 11) is 0. The van der Waals surface area contributed by atoms with Crippen molar-refractivity contribution in [3.63, 3.8) is 0 Å². The van der Waals surface area contributed by atoms with E-state index in [9.17, 15) is 9.18 Å². The smallest absolute Gasteiger partial charge is 0.258 e. The van der Waals surface area contributed by atoms with Gasteiger partial charge in [0.1, 0.15) is 0 Å². The van der Waals surface area contributed by atoms with Gasteiger partial charge in [0.2, 0.25) is 0 Å². The number of para-hydroxylation sites is 1. The number of nitrogens with one attached hydrogen (secondary N) is 1. The van der Waals surface area contributed by atoms with Crippen LogP contribution in [-0.2, 0) is 4.79 Å². The Balaban J connectivity index is 1.93. The SMILES string of the molecule is Cc1ccc(C(C)NC(=O)COc2ccccc2F)c(C)c1. The zero-order valence-electron chi connectivity index (χ0n) is 13.0. The van der Waals surface area contributed by atoms with Crippen LogP contribution in [0.5, 0.6) is 5.75 Å². The number of hydrogen-bond donors (Lipinski definition) is 1. The van der Waals surface area contributed by atoms with Gasteiger partial charge < -0.3 is 10.1 Å². The fraction of sp³-hybridized carbons (Fsp3) is 0.278. The fourth-order valence-corrected chi connectivity index (χ4v) is 2.38. The molecule has 116 valence electrons. The summed E-state index contributed by atoms with van der Waals surface area (Å²) in [6, 6.07) is 12.0. The lowest BCUT2D eigenvalue weighted by molar-refractivity contribution is -0.123. The van der Waals surface area contributed by atoms with Crippen molar-refractivity contribution in [2.24, 2.45) is 0 Å². The molecule has 0 saturated carbocycles. The van der Waals surface area contributed by atoms with Gasteiger partial charge in [-0.25, -0.2) is 4.39 Å². The highest BCUT2D eigenvalue weighted by atomic mass is 19.1. The molecule has 1 unspecified atom stereocenters. The number of aryl methyl sites for hydroxylation is 2. The summed E-state index contributed by atoms with van der Waals surface area (Å²) in [5, 5.41) is 2.86. The van der Waals surface area contributed by atoms with E-state index in [1.807, 2.05) is 32.9 Å². The standard InChI is InChI=1S/C18H20FNO2/c1-12-8-9-15(13(2)10-12)14(3)20-18(21)11-22-17-7-5-4-6-16(17)19/h4-10,14H,11H2,1-3H3,(H,20,21). The van der Waals surface area contributed by atoms with Crippen molar-refractivity contribution in [2.45, 2.75) is 26.8 Å². The summed E-state index contributed by atoms with van der Waals surface area (Å²) in [5.41, 5.74) is 3.37. The molecule has 3 nitrogen and oxygen atoms in total. The number of hydrogen-bond acceptors (Lipinski definition) is 2. The monoisotopic (exact) mass is 301 g/mol. The number of amides is 1. The van der Waals surface area contributed by atoms with Crippen molar-refractivity contribution in [1.82, 2.24) is 5.32 Å². The van der Waals surface area contributed by atoms with Crippen LogP contribution in [0.3, 0.4) is 0 Å². The molecule has 0 aromatic heterocycles. The van der Waals surface area contributed by atoms with Crippen LogP contribution in [0.4, 0.5) is 4.39 Å². The summed E-state index contributed by atoms with van der Waals surface area (Å²) < 4.78 is 18.6. The van der Waals surface area contributed by atoms with Crippen LogP contribution in [-0.4, -0.2) is 12.5 Å². The highest BCUT2D eigenvalue weighted by Gasteiger charge is 2.13. The molecule has 0 radical (unpaired) electrons. The molecule has 0 aliphatic heterocycles. The predicted molar refractivity (Wildman–Crippen MR) is 84.4 cm³/mol. The van der Waals surface area contributed by atoms with E-state index in [1.165, 1.54) is 17.7 Å². The number of halogens is 1. The van der Waals surface area contributed by atoms with Gasteiger partial charge in [-0.3, -0.25) is 4.79 Å². The first-order valence-electron chi connectivity index (χ1n) is 7.21. The van der Waals surface area contributed by atoms with Crippen molar-refractivity contribution < 1.29 is 13.9 Å². The van der Waals surface area contributed by atoms with Crippen molar-refractivity contribution in [3.8, 4) is 5.75 Å². The van der Waals surface area contributed by atoms with E-state index >= 15 is 0 Å². The zero-order chi connectivity index (χ0) is 16.1. The second-order valence-electron chi connectivity index (χ2n) is 5.37. The maximum absolute atomic E-state index is 13.4. The van der Waals surface area contributed by atoms with E-state index in [0.717, 1.165) is 11.1 Å². The summed E-state index contributed by atoms with van der Waals surface area (Å²) in [6.45, 7) is 5.75. The molecule has 1 N–H and O–H groups in total. The Kier molecular flexibility index (Phi) is 5.15. The van der Waals surface area contributed by atoms with Crippen molar-refractivity contribution in [1.29, 1.82) is 0 Å². The van der Waals surface area contributed by atoms with Crippen LogP contribution in [0.2, 0.25) is 0 Å². The van der Waals surface area contributed by atoms with Gasteiger partial charge in [-0.1, -0.05) is 35.9 Å². The lowest BCUT2D eigenvalue weighted by Crippen LogP contribution is -2.31. The third kappa shape index (κ3) is 4.07. The van der Waals surface area contributed by atoms with Gasteiger partial charge in [0.15, 0.2) is 18.2 Å². The largest absolute Gasteiger partial charge is 0.481 e. The molecule has 22 heavy (non-hydrogen) atoms. The molecule has 1 amide bonds. The molecule has 2 aromatic rings. The summed E-state index contributed by atoms with van der Waals surface area (Å²) >= 11 is 0. The van der Waals surface area contributed by atoms with E-state index in [4.69, 9.17) is 4.74 Å². The molecule has 1 atom stereocenters. The highest BCUT2D eigenvalue weighted by molar-refractivity contribution is 5.78. The van der Waals surface area contributed by atoms with Crippen LogP contribution in [0.1, 0.15) is 29.7 Å². The molecule has 0 fully saturated rings. The van der Waals surface area contributed by atoms with Crippen LogP contribution in [0.15, 0.2) is 42.5 Å². The van der Waals surface area contributed by atoms with Gasteiger partial charge in [0, 0.05) is 0 Å². The van der Waals surface area contributed by atoms with E-state index in [1.54, 1.807) is 12.1 Å². The van der Waals surface area contributed by atoms with Crippen LogP contribution >= 0.6 is 0 Å². The molecule has 0 aliphatic carbocycles. The van der Waals surface area contributed by atoms with Gasteiger partial charge in [-0.2, -0.15) is 0 Å². The molecule has 0 saturated heterocycles. The Labute approximate surface area is 130 Å². The molecule has 0 heterocycles. The summed E-state index contributed by atoms with van der Waals surface area (Å²) in [5.74, 6) is -0.676. The normalized spacial score (nSPS) is 11.8. The van der Waals surface area contributed by atoms with Gasteiger partial charge in [0.05, 0.1) is 6.04 Å². The average Bonchev–Trinajstić information content (AvgIpc) is 2.46. The highest BCUT2D eigenvalue weighted by Crippen LogP contribution is 2.19. The van der Waals surface area contributed by atoms with Gasteiger partial charge in [-0.15, -0.1) is 0 Å². The van der Waals surface area contributed by atoms with E-state index in [-0.39, 0.29) is 24.3 Å². The Morgan fingerprint density at radius 3 is 2.64 bits per heavy atom. The third-order valence-corrected chi connectivity index (χ3v) is 3.46. The predicted octanol–water partition coefficient (Wildman–Crippen LogP) is 3.70. The maximum atomic E-state index is 13.4. The molecule has 2 rings (SSSR count). The van der Waals surface area contributed by atoms with Crippen molar-refractivity contribution >= 4 is 5.91 Å². The quantitative estimate of drug-likeness (QED) is 0.914. The molecule has 0 spiro atoms. The van der Waals surface area contributed by atoms with Crippen LogP contribution in [0.25, 0.3) is 0 Å². The molecular weight excluding hydrogens is 281 g/mol. The minimum Gasteiger partial charge on any atom is -0.481 e. The van der Waals surface area contributed by atoms with E-state index < -0.39 is 5.82 Å². The first-order chi connectivity index (χ1) is 10.5. The second-order valence-corrected chi connectivity index (χ2v) is 5.37. The Hall–Kier alpha value is -2.36. The molecule has 2 aromatic carbocycles. The molecule has 0 aliphatic rings. The van der Waals surface area contributed by atoms with E-state index in [2.05, 4.69) is 11.4 Å². The van der Waals surface area contributed by atoms with Crippen LogP contribution in [0, 0.1) is 19.7 Å². The molecule has 4 heteroatoms. The average molecular weight is 301 g/mol. The van der Waals surface area contributed by atoms with Crippen molar-refractivity contribution in [3.05, 3.63) is 65.0 Å². The molecule has 0 bridgehead atoms. The molecular formula is C18H20FNO2. The number of carbonyl (C=O) groups is 1. The van der Waals surface area contributed by atoms with E-state index in [0.29, 0.717) is 0 Å². The maximum Gasteiger partial charge on any atom is 0.258 e.